The molecule has 1 unspecified atom stereocenters. The summed E-state index contributed by atoms with van der Waals surface area (Å²) in [7, 11) is 1.69. The summed E-state index contributed by atoms with van der Waals surface area (Å²) in [5, 5.41) is 0. The first kappa shape index (κ1) is 19.0. The molecule has 0 saturated heterocycles. The Morgan fingerprint density at radius 2 is 1.70 bits per heavy atom. The highest BCUT2D eigenvalue weighted by molar-refractivity contribution is 5.39. The number of nitrogens with zero attached hydrogens (tertiary/aromatic N) is 2. The summed E-state index contributed by atoms with van der Waals surface area (Å²) in [4.78, 5) is 4.13. The van der Waals surface area contributed by atoms with E-state index in [1.165, 1.54) is 11.1 Å². The molecule has 0 aliphatic rings. The number of nitrogens with two attached hydrogens (primary N) is 1. The van der Waals surface area contributed by atoms with Gasteiger partial charge in [0.05, 0.1) is 26.1 Å². The Kier molecular flexibility index (Phi) is 6.88. The third kappa shape index (κ3) is 6.15. The number of hydrogen-bond donors (Lipinski definition) is 1. The van der Waals surface area contributed by atoms with Crippen LogP contribution in [0.15, 0.2) is 67.3 Å². The first-order chi connectivity index (χ1) is 13.2. The van der Waals surface area contributed by atoms with Crippen LogP contribution in [0.2, 0.25) is 0 Å². The summed E-state index contributed by atoms with van der Waals surface area (Å²) in [5.41, 5.74) is 9.06. The van der Waals surface area contributed by atoms with E-state index < -0.39 is 0 Å². The van der Waals surface area contributed by atoms with Crippen molar-refractivity contribution >= 4 is 5.69 Å². The van der Waals surface area contributed by atoms with Gasteiger partial charge in [0.1, 0.15) is 5.75 Å². The number of aryl methyl sites for hydroxylation is 1. The number of hydrogen-bond acceptors (Lipinski definition) is 4. The topological polar surface area (TPSA) is 62.3 Å². The van der Waals surface area contributed by atoms with Crippen LogP contribution < -0.4 is 10.5 Å². The van der Waals surface area contributed by atoms with E-state index in [2.05, 4.69) is 33.8 Å². The van der Waals surface area contributed by atoms with Crippen molar-refractivity contribution in [2.75, 3.05) is 19.5 Å². The minimum Gasteiger partial charge on any atom is -0.497 e. The van der Waals surface area contributed by atoms with Gasteiger partial charge in [-0.25, -0.2) is 4.98 Å². The predicted molar refractivity (Wildman–Crippen MR) is 108 cm³/mol. The van der Waals surface area contributed by atoms with Crippen LogP contribution in [0.5, 0.6) is 5.75 Å². The van der Waals surface area contributed by atoms with Crippen molar-refractivity contribution in [2.24, 2.45) is 0 Å². The van der Waals surface area contributed by atoms with E-state index in [0.717, 1.165) is 37.2 Å². The molecule has 0 bridgehead atoms. The number of benzene rings is 2. The smallest absolute Gasteiger partial charge is 0.118 e. The maximum absolute atomic E-state index is 6.21. The molecule has 27 heavy (non-hydrogen) atoms. The highest BCUT2D eigenvalue weighted by atomic mass is 16.5. The minimum absolute atomic E-state index is 0.134. The number of aromatic nitrogens is 2. The van der Waals surface area contributed by atoms with Gasteiger partial charge in [0.25, 0.3) is 0 Å². The second-order valence-electron chi connectivity index (χ2n) is 6.63. The van der Waals surface area contributed by atoms with Crippen LogP contribution >= 0.6 is 0 Å². The Balaban J connectivity index is 1.53. The normalized spacial score (nSPS) is 12.0. The van der Waals surface area contributed by atoms with Crippen molar-refractivity contribution in [3.63, 3.8) is 0 Å². The van der Waals surface area contributed by atoms with Gasteiger partial charge in [-0.1, -0.05) is 24.3 Å². The van der Waals surface area contributed by atoms with Crippen LogP contribution in [0.4, 0.5) is 5.69 Å². The molecule has 1 aromatic heterocycles. The lowest BCUT2D eigenvalue weighted by Crippen LogP contribution is -2.21. The van der Waals surface area contributed by atoms with Crippen LogP contribution in [-0.4, -0.2) is 29.4 Å². The fraction of sp³-hybridized carbons (Fsp3) is 0.318. The summed E-state index contributed by atoms with van der Waals surface area (Å²) in [6.07, 6.45) is 8.54. The number of anilines is 1. The van der Waals surface area contributed by atoms with Crippen LogP contribution in [0.3, 0.4) is 0 Å². The van der Waals surface area contributed by atoms with Gasteiger partial charge in [0, 0.05) is 24.6 Å². The first-order valence-electron chi connectivity index (χ1n) is 9.27. The number of imidazole rings is 1. The minimum atomic E-state index is 0.134. The molecular weight excluding hydrogens is 338 g/mol. The monoisotopic (exact) mass is 365 g/mol. The van der Waals surface area contributed by atoms with Crippen molar-refractivity contribution in [1.82, 2.24) is 9.55 Å². The molecule has 1 atom stereocenters. The molecule has 2 N–H and O–H groups in total. The van der Waals surface area contributed by atoms with Crippen LogP contribution in [0.25, 0.3) is 0 Å². The van der Waals surface area contributed by atoms with Gasteiger partial charge in [0.15, 0.2) is 0 Å². The molecule has 3 rings (SSSR count). The lowest BCUT2D eigenvalue weighted by molar-refractivity contribution is 0.0379. The molecule has 0 saturated carbocycles. The van der Waals surface area contributed by atoms with Gasteiger partial charge >= 0.3 is 0 Å². The zero-order chi connectivity index (χ0) is 18.9. The lowest BCUT2D eigenvalue weighted by atomic mass is 10.1. The van der Waals surface area contributed by atoms with Crippen LogP contribution in [0, 0.1) is 0 Å². The first-order valence-corrected chi connectivity index (χ1v) is 9.27. The molecule has 1 heterocycles. The molecule has 142 valence electrons. The number of ether oxygens (including phenoxy) is 2. The lowest BCUT2D eigenvalue weighted by Gasteiger charge is -2.19. The molecule has 0 radical (unpaired) electrons. The molecule has 3 aromatic rings. The molecular formula is C22H27N3O2. The summed E-state index contributed by atoms with van der Waals surface area (Å²) in [5.74, 6) is 0.883. The largest absolute Gasteiger partial charge is 0.497 e. The summed E-state index contributed by atoms with van der Waals surface area (Å²) < 4.78 is 13.5. The number of methoxy groups -OCH3 is 1. The van der Waals surface area contributed by atoms with Crippen LogP contribution in [-0.2, 0) is 24.1 Å². The van der Waals surface area contributed by atoms with E-state index >= 15 is 0 Å². The quantitative estimate of drug-likeness (QED) is 0.556. The maximum Gasteiger partial charge on any atom is 0.118 e. The highest BCUT2D eigenvalue weighted by Crippen LogP contribution is 2.15. The third-order valence-electron chi connectivity index (χ3n) is 4.61. The zero-order valence-corrected chi connectivity index (χ0v) is 15.8. The van der Waals surface area contributed by atoms with Crippen LogP contribution in [0.1, 0.15) is 17.5 Å². The van der Waals surface area contributed by atoms with Crippen molar-refractivity contribution in [1.29, 1.82) is 0 Å². The Bertz CT molecular complexity index is 783. The molecule has 0 spiro atoms. The average Bonchev–Trinajstić information content (AvgIpc) is 3.21. The molecule has 5 heteroatoms. The van der Waals surface area contributed by atoms with E-state index in [1.807, 2.05) is 36.8 Å². The standard InChI is InChI=1S/C22H27N3O2/c1-26-21-9-4-18(5-10-21)6-11-22(16-25-14-13-24-17-25)27-15-12-19-2-7-20(23)8-3-19/h2-5,7-10,13-14,17,22H,6,11-12,15-16,23H2,1H3. The van der Waals surface area contributed by atoms with Gasteiger partial charge in [-0.2, -0.15) is 0 Å². The molecule has 0 aliphatic heterocycles. The Morgan fingerprint density at radius 3 is 2.37 bits per heavy atom. The van der Waals surface area contributed by atoms with Crippen molar-refractivity contribution in [3.05, 3.63) is 78.4 Å². The van der Waals surface area contributed by atoms with E-state index in [1.54, 1.807) is 13.3 Å². The summed E-state index contributed by atoms with van der Waals surface area (Å²) in [6.45, 7) is 1.49. The Labute approximate surface area is 160 Å². The second-order valence-corrected chi connectivity index (χ2v) is 6.63. The SMILES string of the molecule is COc1ccc(CCC(Cn2ccnc2)OCCc2ccc(N)cc2)cc1. The van der Waals surface area contributed by atoms with Crippen molar-refractivity contribution < 1.29 is 9.47 Å². The fourth-order valence-corrected chi connectivity index (χ4v) is 3.00. The third-order valence-corrected chi connectivity index (χ3v) is 4.61. The molecule has 2 aromatic carbocycles. The molecule has 0 aliphatic carbocycles. The second kappa shape index (κ2) is 9.78. The Hall–Kier alpha value is -2.79. The number of rotatable bonds is 10. The van der Waals surface area contributed by atoms with E-state index in [0.29, 0.717) is 6.61 Å². The molecule has 0 amide bonds. The predicted octanol–water partition coefficient (Wildman–Crippen LogP) is 3.73. The van der Waals surface area contributed by atoms with Gasteiger partial charge in [0.2, 0.25) is 0 Å². The maximum atomic E-state index is 6.21. The van der Waals surface area contributed by atoms with Crippen molar-refractivity contribution in [2.45, 2.75) is 31.9 Å². The highest BCUT2D eigenvalue weighted by Gasteiger charge is 2.11. The van der Waals surface area contributed by atoms with E-state index in [-0.39, 0.29) is 6.10 Å². The fourth-order valence-electron chi connectivity index (χ4n) is 3.00. The summed E-state index contributed by atoms with van der Waals surface area (Å²) in [6, 6.07) is 16.2. The van der Waals surface area contributed by atoms with E-state index in [4.69, 9.17) is 15.2 Å². The molecule has 0 fully saturated rings. The van der Waals surface area contributed by atoms with Gasteiger partial charge in [-0.15, -0.1) is 0 Å². The van der Waals surface area contributed by atoms with Gasteiger partial charge in [-0.3, -0.25) is 0 Å². The van der Waals surface area contributed by atoms with Gasteiger partial charge < -0.3 is 19.8 Å². The summed E-state index contributed by atoms with van der Waals surface area (Å²) >= 11 is 0. The van der Waals surface area contributed by atoms with Crippen molar-refractivity contribution in [3.8, 4) is 5.75 Å². The number of nitrogen functional groups attached to an aromatic ring is 1. The van der Waals surface area contributed by atoms with Gasteiger partial charge in [-0.05, 0) is 54.7 Å². The average molecular weight is 365 g/mol. The van der Waals surface area contributed by atoms with E-state index in [9.17, 15) is 0 Å². The molecule has 5 nitrogen and oxygen atoms in total. The zero-order valence-electron chi connectivity index (χ0n) is 15.8. The Morgan fingerprint density at radius 1 is 1.00 bits per heavy atom.